The summed E-state index contributed by atoms with van der Waals surface area (Å²) >= 11 is 6.42. The molecule has 0 saturated carbocycles. The lowest BCUT2D eigenvalue weighted by Crippen LogP contribution is -2.37. The zero-order valence-electron chi connectivity index (χ0n) is 10.7. The molecule has 96 valence electrons. The smallest absolute Gasteiger partial charge is 0.137 e. The first-order valence-electron chi connectivity index (χ1n) is 6.14. The molecule has 0 fully saturated rings. The summed E-state index contributed by atoms with van der Waals surface area (Å²) in [6, 6.07) is 9.92. The lowest BCUT2D eigenvalue weighted by molar-refractivity contribution is 0.398. The van der Waals surface area contributed by atoms with Gasteiger partial charge in [0.2, 0.25) is 0 Å². The number of hydrogen-bond donors (Lipinski definition) is 2. The molecule has 2 rings (SSSR count). The lowest BCUT2D eigenvalue weighted by atomic mass is 9.97. The Morgan fingerprint density at radius 2 is 2.06 bits per heavy atom. The predicted molar refractivity (Wildman–Crippen MR) is 75.2 cm³/mol. The van der Waals surface area contributed by atoms with Crippen LogP contribution in [0, 0.1) is 5.92 Å². The number of hydrogen-bond acceptors (Lipinski definition) is 2. The Morgan fingerprint density at radius 1 is 1.39 bits per heavy atom. The summed E-state index contributed by atoms with van der Waals surface area (Å²) < 4.78 is 0. The van der Waals surface area contributed by atoms with E-state index in [-0.39, 0.29) is 5.92 Å². The maximum absolute atomic E-state index is 6.42. The third-order valence-electron chi connectivity index (χ3n) is 3.37. The second-order valence-corrected chi connectivity index (χ2v) is 5.21. The van der Waals surface area contributed by atoms with E-state index in [9.17, 15) is 0 Å². The van der Waals surface area contributed by atoms with E-state index in [1.165, 1.54) is 0 Å². The zero-order valence-corrected chi connectivity index (χ0v) is 11.4. The summed E-state index contributed by atoms with van der Waals surface area (Å²) in [5.74, 6) is 0.965. The second-order valence-electron chi connectivity index (χ2n) is 4.59. The molecule has 3 nitrogen and oxygen atoms in total. The molecule has 2 atom stereocenters. The number of nitrogens with zero attached hydrogens (tertiary/aromatic N) is 1. The van der Waals surface area contributed by atoms with Crippen LogP contribution in [0.3, 0.4) is 0 Å². The predicted octanol–water partition coefficient (Wildman–Crippen LogP) is 3.47. The minimum atomic E-state index is -0.894. The van der Waals surface area contributed by atoms with Crippen LogP contribution in [0.2, 0.25) is 0 Å². The van der Waals surface area contributed by atoms with Crippen molar-refractivity contribution in [1.29, 1.82) is 0 Å². The van der Waals surface area contributed by atoms with Crippen LogP contribution < -0.4 is 5.73 Å². The molecule has 0 aliphatic carbocycles. The molecule has 0 aliphatic rings. The number of nitrogens with two attached hydrogens (primary N) is 1. The first-order chi connectivity index (χ1) is 8.55. The molecule has 0 saturated heterocycles. The van der Waals surface area contributed by atoms with Crippen molar-refractivity contribution in [1.82, 2.24) is 9.97 Å². The van der Waals surface area contributed by atoms with Gasteiger partial charge in [-0.1, -0.05) is 62.2 Å². The molecule has 2 aromatic rings. The van der Waals surface area contributed by atoms with Crippen molar-refractivity contribution in [2.45, 2.75) is 25.3 Å². The summed E-state index contributed by atoms with van der Waals surface area (Å²) in [5, 5.41) is 0. The van der Waals surface area contributed by atoms with Gasteiger partial charge in [-0.2, -0.15) is 0 Å². The third-order valence-corrected chi connectivity index (χ3v) is 3.94. The van der Waals surface area contributed by atoms with Crippen LogP contribution in [-0.2, 0) is 5.00 Å². The van der Waals surface area contributed by atoms with Crippen LogP contribution in [0.5, 0.6) is 0 Å². The highest BCUT2D eigenvalue weighted by molar-refractivity contribution is 6.23. The molecule has 18 heavy (non-hydrogen) atoms. The molecule has 1 aromatic heterocycles. The summed E-state index contributed by atoms with van der Waals surface area (Å²) in [7, 11) is 0. The van der Waals surface area contributed by atoms with Crippen molar-refractivity contribution in [3.8, 4) is 11.4 Å². The Kier molecular flexibility index (Phi) is 3.73. The standard InChI is InChI=1S/C14H18ClN3/c1-3-10(2)14(15,16)12-9-17-13(18-12)11-7-5-4-6-8-11/h4-10H,3,16H2,1-2H3,(H,17,18). The van der Waals surface area contributed by atoms with Gasteiger partial charge in [0.15, 0.2) is 0 Å². The van der Waals surface area contributed by atoms with Crippen molar-refractivity contribution in [2.75, 3.05) is 0 Å². The molecule has 0 radical (unpaired) electrons. The average molecular weight is 264 g/mol. The molecule has 0 amide bonds. The highest BCUT2D eigenvalue weighted by Crippen LogP contribution is 2.33. The minimum absolute atomic E-state index is 0.170. The van der Waals surface area contributed by atoms with E-state index in [0.29, 0.717) is 0 Å². The molecule has 0 aliphatic heterocycles. The molecule has 1 aromatic carbocycles. The van der Waals surface area contributed by atoms with Gasteiger partial charge in [0, 0.05) is 5.56 Å². The van der Waals surface area contributed by atoms with Gasteiger partial charge in [0.1, 0.15) is 10.8 Å². The molecule has 2 unspecified atom stereocenters. The minimum Gasteiger partial charge on any atom is -0.339 e. The molecule has 0 spiro atoms. The summed E-state index contributed by atoms with van der Waals surface area (Å²) in [6.07, 6.45) is 2.64. The number of imidazole rings is 1. The maximum Gasteiger partial charge on any atom is 0.137 e. The fraction of sp³-hybridized carbons (Fsp3) is 0.357. The number of nitrogens with one attached hydrogen (secondary N) is 1. The van der Waals surface area contributed by atoms with E-state index >= 15 is 0 Å². The SMILES string of the molecule is CCC(C)C(N)(Cl)c1cnc(-c2ccccc2)[nH]1. The van der Waals surface area contributed by atoms with Crippen LogP contribution in [0.4, 0.5) is 0 Å². The first-order valence-corrected chi connectivity index (χ1v) is 6.52. The molecular formula is C14H18ClN3. The van der Waals surface area contributed by atoms with E-state index in [1.54, 1.807) is 6.20 Å². The Bertz CT molecular complexity index is 505. The molecule has 0 bridgehead atoms. The van der Waals surface area contributed by atoms with Gasteiger partial charge in [-0.25, -0.2) is 4.98 Å². The number of H-pyrrole nitrogens is 1. The fourth-order valence-corrected chi connectivity index (χ4v) is 2.07. The second kappa shape index (κ2) is 5.12. The molecule has 1 heterocycles. The molecule has 3 N–H and O–H groups in total. The Hall–Kier alpha value is -1.32. The van der Waals surface area contributed by atoms with Crippen LogP contribution >= 0.6 is 11.6 Å². The monoisotopic (exact) mass is 263 g/mol. The van der Waals surface area contributed by atoms with Gasteiger partial charge in [-0.05, 0) is 5.92 Å². The average Bonchev–Trinajstić information content (AvgIpc) is 2.89. The van der Waals surface area contributed by atoms with Crippen molar-refractivity contribution >= 4 is 11.6 Å². The Morgan fingerprint density at radius 3 is 2.67 bits per heavy atom. The number of aromatic nitrogens is 2. The van der Waals surface area contributed by atoms with E-state index in [1.807, 2.05) is 37.3 Å². The Balaban J connectivity index is 2.31. The van der Waals surface area contributed by atoms with Gasteiger partial charge in [0.05, 0.1) is 11.9 Å². The summed E-state index contributed by atoms with van der Waals surface area (Å²) in [6.45, 7) is 4.11. The van der Waals surface area contributed by atoms with Crippen LogP contribution in [-0.4, -0.2) is 9.97 Å². The summed E-state index contributed by atoms with van der Waals surface area (Å²) in [4.78, 5) is 6.67. The van der Waals surface area contributed by atoms with Crippen molar-refractivity contribution in [3.63, 3.8) is 0 Å². The van der Waals surface area contributed by atoms with E-state index in [4.69, 9.17) is 17.3 Å². The highest BCUT2D eigenvalue weighted by Gasteiger charge is 2.32. The van der Waals surface area contributed by atoms with Gasteiger partial charge < -0.3 is 10.7 Å². The first kappa shape index (κ1) is 13.1. The van der Waals surface area contributed by atoms with Crippen LogP contribution in [0.15, 0.2) is 36.5 Å². The number of alkyl halides is 1. The fourth-order valence-electron chi connectivity index (χ4n) is 1.82. The molecule has 4 heteroatoms. The van der Waals surface area contributed by atoms with Gasteiger partial charge in [0.25, 0.3) is 0 Å². The Labute approximate surface area is 112 Å². The largest absolute Gasteiger partial charge is 0.339 e. The van der Waals surface area contributed by atoms with Crippen molar-refractivity contribution in [3.05, 3.63) is 42.2 Å². The van der Waals surface area contributed by atoms with Gasteiger partial charge in [-0.15, -0.1) is 0 Å². The van der Waals surface area contributed by atoms with Crippen molar-refractivity contribution < 1.29 is 0 Å². The van der Waals surface area contributed by atoms with Crippen LogP contribution in [0.1, 0.15) is 26.0 Å². The normalized spacial score (nSPS) is 16.2. The van der Waals surface area contributed by atoms with E-state index in [0.717, 1.165) is 23.5 Å². The number of rotatable bonds is 4. The van der Waals surface area contributed by atoms with Crippen molar-refractivity contribution in [2.24, 2.45) is 11.7 Å². The zero-order chi connectivity index (χ0) is 13.2. The van der Waals surface area contributed by atoms with Gasteiger partial charge >= 0.3 is 0 Å². The highest BCUT2D eigenvalue weighted by atomic mass is 35.5. The van der Waals surface area contributed by atoms with E-state index in [2.05, 4.69) is 16.9 Å². The lowest BCUT2D eigenvalue weighted by Gasteiger charge is -2.26. The number of benzene rings is 1. The topological polar surface area (TPSA) is 54.7 Å². The van der Waals surface area contributed by atoms with Crippen LogP contribution in [0.25, 0.3) is 11.4 Å². The summed E-state index contributed by atoms with van der Waals surface area (Å²) in [5.41, 5.74) is 7.97. The number of halogens is 1. The maximum atomic E-state index is 6.42. The van der Waals surface area contributed by atoms with E-state index < -0.39 is 5.00 Å². The van der Waals surface area contributed by atoms with Gasteiger partial charge in [-0.3, -0.25) is 0 Å². The number of aromatic amines is 1. The quantitative estimate of drug-likeness (QED) is 0.656. The third kappa shape index (κ3) is 2.42. The molecular weight excluding hydrogens is 246 g/mol.